The molecule has 0 radical (unpaired) electrons. The molecule has 0 amide bonds. The van der Waals surface area contributed by atoms with E-state index in [1.165, 1.54) is 0 Å². The smallest absolute Gasteiger partial charge is 0.187 e. The van der Waals surface area contributed by atoms with Crippen molar-refractivity contribution in [2.75, 3.05) is 13.2 Å². The van der Waals surface area contributed by atoms with E-state index in [0.717, 1.165) is 44.1 Å². The lowest BCUT2D eigenvalue weighted by Gasteiger charge is -2.71. The van der Waals surface area contributed by atoms with Gasteiger partial charge < -0.3 is 45.2 Å². The zero-order valence-electron chi connectivity index (χ0n) is 28.7. The van der Waals surface area contributed by atoms with Crippen LogP contribution in [0.4, 0.5) is 0 Å². The Morgan fingerprint density at radius 2 is 1.56 bits per heavy atom. The zero-order valence-corrected chi connectivity index (χ0v) is 28.7. The molecule has 7 N–H and O–H groups in total. The molecule has 1 saturated heterocycles. The summed E-state index contributed by atoms with van der Waals surface area (Å²) >= 11 is 0. The van der Waals surface area contributed by atoms with Gasteiger partial charge in [0.2, 0.25) is 0 Å². The summed E-state index contributed by atoms with van der Waals surface area (Å²) in [4.78, 5) is 0. The van der Waals surface area contributed by atoms with Crippen LogP contribution in [0.15, 0.2) is 11.6 Å². The highest BCUT2D eigenvalue weighted by atomic mass is 16.7. The SMILES string of the molecule is C/C(=C/CC[C@](C)(O[C@@H]1O[C@H](CO)[C@@H](O)[C@H](O)[C@H]1O)[C@H]1CC[C@]2(C)[C@@H]1CC[C@@H]1[C@@]3(C)CC[C@H](O)C(C)(C)[C@@H]3C[C@H](O)[C@]12C)CO. The number of aliphatic hydroxyl groups is 7. The fourth-order valence-electron chi connectivity index (χ4n) is 11.8. The van der Waals surface area contributed by atoms with Crippen LogP contribution in [-0.4, -0.2) is 97.5 Å². The second-order valence-electron chi connectivity index (χ2n) is 17.1. The van der Waals surface area contributed by atoms with Crippen LogP contribution in [0.5, 0.6) is 0 Å². The van der Waals surface area contributed by atoms with E-state index in [-0.39, 0.29) is 52.1 Å². The maximum Gasteiger partial charge on any atom is 0.187 e. The van der Waals surface area contributed by atoms with Crippen LogP contribution in [0, 0.1) is 45.3 Å². The number of ether oxygens (including phenoxy) is 2. The maximum absolute atomic E-state index is 12.2. The quantitative estimate of drug-likeness (QED) is 0.198. The summed E-state index contributed by atoms with van der Waals surface area (Å²) in [7, 11) is 0. The van der Waals surface area contributed by atoms with Gasteiger partial charge in [-0.2, -0.15) is 0 Å². The minimum absolute atomic E-state index is 0.0194. The Morgan fingerprint density at radius 1 is 0.867 bits per heavy atom. The first kappa shape index (κ1) is 35.7. The van der Waals surface area contributed by atoms with Gasteiger partial charge in [-0.25, -0.2) is 0 Å². The number of hydrogen-bond donors (Lipinski definition) is 7. The Bertz CT molecular complexity index is 1090. The van der Waals surface area contributed by atoms with Crippen molar-refractivity contribution in [3.63, 3.8) is 0 Å². The summed E-state index contributed by atoms with van der Waals surface area (Å²) in [5.41, 5.74) is -0.678. The summed E-state index contributed by atoms with van der Waals surface area (Å²) in [6, 6.07) is 0. The molecule has 4 aliphatic carbocycles. The first-order valence-electron chi connectivity index (χ1n) is 17.5. The molecule has 4 saturated carbocycles. The van der Waals surface area contributed by atoms with Gasteiger partial charge in [0.15, 0.2) is 6.29 Å². The van der Waals surface area contributed by atoms with Gasteiger partial charge in [0, 0.05) is 5.41 Å². The van der Waals surface area contributed by atoms with Crippen molar-refractivity contribution < 1.29 is 45.2 Å². The van der Waals surface area contributed by atoms with Crippen LogP contribution in [0.25, 0.3) is 0 Å². The van der Waals surface area contributed by atoms with Crippen molar-refractivity contribution >= 4 is 0 Å². The highest BCUT2D eigenvalue weighted by Crippen LogP contribution is 2.76. The molecule has 9 nitrogen and oxygen atoms in total. The van der Waals surface area contributed by atoms with E-state index >= 15 is 0 Å². The molecule has 5 rings (SSSR count). The molecule has 45 heavy (non-hydrogen) atoms. The molecule has 5 fully saturated rings. The lowest BCUT2D eigenvalue weighted by molar-refractivity contribution is -0.335. The summed E-state index contributed by atoms with van der Waals surface area (Å²) in [5.74, 6) is 0.852. The number of fused-ring (bicyclic) bond motifs is 5. The third kappa shape index (κ3) is 5.39. The Hall–Kier alpha value is -0.620. The normalized spacial score (nSPS) is 51.2. The number of hydrogen-bond acceptors (Lipinski definition) is 9. The monoisotopic (exact) mass is 638 g/mol. The standard InChI is InChI=1S/C36H62O9/c1-20(18-37)9-8-14-35(6,45-31-30(43)29(42)28(41)23(19-38)44-31)22-12-16-34(5)21(22)10-11-24-33(4)15-13-26(39)32(2,3)25(33)17-27(40)36(24,34)7/h9,21-31,37-43H,8,10-19H2,1-7H3/b20-9-/t21-,22+,23-,24-,25+,26+,27+,28-,29+,30-,31+,33-,34-,35+,36+/m1/s1. The molecule has 0 unspecified atom stereocenters. The fraction of sp³-hybridized carbons (Fsp3) is 0.944. The van der Waals surface area contributed by atoms with E-state index in [2.05, 4.69) is 41.5 Å². The third-order valence-electron chi connectivity index (χ3n) is 14.9. The molecular weight excluding hydrogens is 576 g/mol. The molecule has 5 aliphatic rings. The Labute approximate surface area is 270 Å². The maximum atomic E-state index is 12.2. The molecular formula is C36H62O9. The van der Waals surface area contributed by atoms with Gasteiger partial charge in [-0.15, -0.1) is 0 Å². The fourth-order valence-corrected chi connectivity index (χ4v) is 11.8. The Kier molecular flexibility index (Phi) is 9.80. The summed E-state index contributed by atoms with van der Waals surface area (Å²) in [6.07, 6.45) is 1.84. The van der Waals surface area contributed by atoms with Crippen molar-refractivity contribution in [1.82, 2.24) is 0 Å². The summed E-state index contributed by atoms with van der Waals surface area (Å²) < 4.78 is 12.6. The van der Waals surface area contributed by atoms with Crippen LogP contribution in [0.2, 0.25) is 0 Å². The zero-order chi connectivity index (χ0) is 33.3. The largest absolute Gasteiger partial charge is 0.394 e. The summed E-state index contributed by atoms with van der Waals surface area (Å²) in [5, 5.41) is 74.6. The molecule has 1 aliphatic heterocycles. The second kappa shape index (κ2) is 12.4. The third-order valence-corrected chi connectivity index (χ3v) is 14.9. The van der Waals surface area contributed by atoms with Gasteiger partial charge in [0.1, 0.15) is 24.4 Å². The highest BCUT2D eigenvalue weighted by Gasteiger charge is 2.72. The van der Waals surface area contributed by atoms with Crippen molar-refractivity contribution in [1.29, 1.82) is 0 Å². The van der Waals surface area contributed by atoms with Gasteiger partial charge in [-0.05, 0) is 112 Å². The molecule has 1 heterocycles. The molecule has 0 aromatic heterocycles. The predicted molar refractivity (Wildman–Crippen MR) is 170 cm³/mol. The average molecular weight is 639 g/mol. The Balaban J connectivity index is 1.48. The number of allylic oxidation sites excluding steroid dienone is 1. The van der Waals surface area contributed by atoms with Crippen LogP contribution in [0.3, 0.4) is 0 Å². The predicted octanol–water partition coefficient (Wildman–Crippen LogP) is 3.30. The minimum Gasteiger partial charge on any atom is -0.394 e. The first-order valence-corrected chi connectivity index (χ1v) is 17.5. The topological polar surface area (TPSA) is 160 Å². The second-order valence-corrected chi connectivity index (χ2v) is 17.1. The van der Waals surface area contributed by atoms with E-state index in [0.29, 0.717) is 25.2 Å². The van der Waals surface area contributed by atoms with Gasteiger partial charge in [-0.3, -0.25) is 0 Å². The lowest BCUT2D eigenvalue weighted by atomic mass is 9.34. The van der Waals surface area contributed by atoms with Gasteiger partial charge >= 0.3 is 0 Å². The van der Waals surface area contributed by atoms with Crippen LogP contribution in [-0.2, 0) is 9.47 Å². The van der Waals surface area contributed by atoms with E-state index < -0.39 is 49.0 Å². The van der Waals surface area contributed by atoms with E-state index in [1.807, 2.05) is 13.0 Å². The molecule has 15 atom stereocenters. The van der Waals surface area contributed by atoms with Crippen LogP contribution < -0.4 is 0 Å². The van der Waals surface area contributed by atoms with Crippen LogP contribution >= 0.6 is 0 Å². The van der Waals surface area contributed by atoms with Crippen molar-refractivity contribution in [3.8, 4) is 0 Å². The molecule has 0 bridgehead atoms. The lowest BCUT2D eigenvalue weighted by Crippen LogP contribution is -2.68. The highest BCUT2D eigenvalue weighted by molar-refractivity contribution is 5.21. The minimum atomic E-state index is -1.52. The van der Waals surface area contributed by atoms with E-state index in [9.17, 15) is 35.7 Å². The van der Waals surface area contributed by atoms with E-state index in [1.54, 1.807) is 0 Å². The number of rotatable bonds is 8. The Morgan fingerprint density at radius 3 is 2.20 bits per heavy atom. The summed E-state index contributed by atoms with van der Waals surface area (Å²) in [6.45, 7) is 14.9. The van der Waals surface area contributed by atoms with Gasteiger partial charge in [-0.1, -0.05) is 46.3 Å². The van der Waals surface area contributed by atoms with Gasteiger partial charge in [0.25, 0.3) is 0 Å². The first-order chi connectivity index (χ1) is 20.9. The molecule has 9 heteroatoms. The van der Waals surface area contributed by atoms with Crippen molar-refractivity contribution in [2.45, 2.75) is 155 Å². The van der Waals surface area contributed by atoms with Crippen molar-refractivity contribution in [3.05, 3.63) is 11.6 Å². The van der Waals surface area contributed by atoms with Crippen molar-refractivity contribution in [2.24, 2.45) is 45.3 Å². The molecule has 0 spiro atoms. The molecule has 0 aromatic carbocycles. The molecule has 260 valence electrons. The molecule has 0 aromatic rings. The number of aliphatic hydroxyl groups excluding tert-OH is 7. The van der Waals surface area contributed by atoms with Gasteiger partial charge in [0.05, 0.1) is 31.0 Å². The van der Waals surface area contributed by atoms with E-state index in [4.69, 9.17) is 9.47 Å². The van der Waals surface area contributed by atoms with Crippen LogP contribution in [0.1, 0.15) is 106 Å². The average Bonchev–Trinajstić information content (AvgIpc) is 3.36.